The lowest BCUT2D eigenvalue weighted by Crippen LogP contribution is -2.31. The third-order valence-electron chi connectivity index (χ3n) is 5.11. The van der Waals surface area contributed by atoms with E-state index in [4.69, 9.17) is 0 Å². The summed E-state index contributed by atoms with van der Waals surface area (Å²) < 4.78 is 0. The molecular weight excluding hydrogens is 256 g/mol. The number of hydrogen-bond acceptors (Lipinski definition) is 1. The van der Waals surface area contributed by atoms with Crippen LogP contribution in [0, 0.1) is 5.92 Å². The summed E-state index contributed by atoms with van der Waals surface area (Å²) in [7, 11) is 0. The SMILES string of the molecule is CC1=CC=C(C2(c3ccc(O)cc3)C=C(C)CC2C)CC1. The molecule has 0 aliphatic heterocycles. The largest absolute Gasteiger partial charge is 0.508 e. The van der Waals surface area contributed by atoms with Crippen LogP contribution in [0.15, 0.2) is 59.2 Å². The van der Waals surface area contributed by atoms with Crippen LogP contribution < -0.4 is 0 Å². The van der Waals surface area contributed by atoms with Crippen LogP contribution in [0.2, 0.25) is 0 Å². The fourth-order valence-electron chi connectivity index (χ4n) is 4.02. The van der Waals surface area contributed by atoms with E-state index in [0.717, 1.165) is 19.3 Å². The smallest absolute Gasteiger partial charge is 0.115 e. The van der Waals surface area contributed by atoms with Crippen LogP contribution in [0.3, 0.4) is 0 Å². The van der Waals surface area contributed by atoms with Crippen molar-refractivity contribution in [1.82, 2.24) is 0 Å². The van der Waals surface area contributed by atoms with E-state index in [9.17, 15) is 5.11 Å². The van der Waals surface area contributed by atoms with Gasteiger partial charge < -0.3 is 5.11 Å². The predicted octanol–water partition coefficient (Wildman–Crippen LogP) is 5.28. The minimum absolute atomic E-state index is 0.00891. The summed E-state index contributed by atoms with van der Waals surface area (Å²) in [5.41, 5.74) is 5.77. The normalized spacial score (nSPS) is 28.9. The molecule has 1 aromatic rings. The van der Waals surface area contributed by atoms with Gasteiger partial charge >= 0.3 is 0 Å². The Morgan fingerprint density at radius 1 is 1.00 bits per heavy atom. The molecule has 2 aliphatic rings. The van der Waals surface area contributed by atoms with Crippen molar-refractivity contribution in [1.29, 1.82) is 0 Å². The molecule has 1 nitrogen and oxygen atoms in total. The number of benzene rings is 1. The second kappa shape index (κ2) is 5.22. The molecule has 2 unspecified atom stereocenters. The minimum atomic E-state index is 0.00891. The molecule has 0 bridgehead atoms. The van der Waals surface area contributed by atoms with Gasteiger partial charge in [0.2, 0.25) is 0 Å². The Morgan fingerprint density at radius 3 is 2.24 bits per heavy atom. The zero-order valence-electron chi connectivity index (χ0n) is 13.2. The molecule has 0 heterocycles. The summed E-state index contributed by atoms with van der Waals surface area (Å²) >= 11 is 0. The molecule has 0 radical (unpaired) electrons. The lowest BCUT2D eigenvalue weighted by molar-refractivity contribution is 0.425. The second-order valence-electron chi connectivity index (χ2n) is 6.72. The number of hydrogen-bond donors (Lipinski definition) is 1. The van der Waals surface area contributed by atoms with E-state index in [1.165, 1.54) is 22.3 Å². The quantitative estimate of drug-likeness (QED) is 0.730. The number of rotatable bonds is 2. The monoisotopic (exact) mass is 280 g/mol. The highest BCUT2D eigenvalue weighted by molar-refractivity contribution is 5.50. The molecule has 0 fully saturated rings. The fraction of sp³-hybridized carbons (Fsp3) is 0.400. The molecule has 0 spiro atoms. The summed E-state index contributed by atoms with van der Waals surface area (Å²) in [6, 6.07) is 7.81. The highest BCUT2D eigenvalue weighted by Crippen LogP contribution is 2.51. The lowest BCUT2D eigenvalue weighted by atomic mass is 9.66. The van der Waals surface area contributed by atoms with Gasteiger partial charge in [0.05, 0.1) is 0 Å². The molecule has 1 heteroatoms. The first-order valence-corrected chi connectivity index (χ1v) is 7.87. The van der Waals surface area contributed by atoms with Gasteiger partial charge in [-0.05, 0) is 56.7 Å². The molecular formula is C20H24O. The molecule has 0 aromatic heterocycles. The van der Waals surface area contributed by atoms with Crippen molar-refractivity contribution in [2.45, 2.75) is 45.4 Å². The van der Waals surface area contributed by atoms with E-state index in [-0.39, 0.29) is 5.41 Å². The molecule has 2 aliphatic carbocycles. The number of phenols is 1. The third kappa shape index (κ3) is 2.35. The van der Waals surface area contributed by atoms with Crippen LogP contribution in [0.5, 0.6) is 5.75 Å². The molecule has 0 saturated heterocycles. The summed E-state index contributed by atoms with van der Waals surface area (Å²) in [4.78, 5) is 0. The number of aromatic hydroxyl groups is 1. The summed E-state index contributed by atoms with van der Waals surface area (Å²) in [6.07, 6.45) is 10.5. The third-order valence-corrected chi connectivity index (χ3v) is 5.11. The van der Waals surface area contributed by atoms with E-state index in [1.54, 1.807) is 0 Å². The molecule has 0 saturated carbocycles. The van der Waals surface area contributed by atoms with Crippen molar-refractivity contribution in [3.63, 3.8) is 0 Å². The molecule has 2 atom stereocenters. The Kier molecular flexibility index (Phi) is 3.52. The van der Waals surface area contributed by atoms with Crippen LogP contribution in [-0.4, -0.2) is 5.11 Å². The molecule has 21 heavy (non-hydrogen) atoms. The molecule has 1 N–H and O–H groups in total. The van der Waals surface area contributed by atoms with Gasteiger partial charge in [-0.3, -0.25) is 0 Å². The van der Waals surface area contributed by atoms with Crippen molar-refractivity contribution in [3.05, 3.63) is 64.8 Å². The van der Waals surface area contributed by atoms with E-state index in [2.05, 4.69) is 51.1 Å². The van der Waals surface area contributed by atoms with E-state index in [0.29, 0.717) is 11.7 Å². The second-order valence-corrected chi connectivity index (χ2v) is 6.72. The highest BCUT2D eigenvalue weighted by atomic mass is 16.3. The zero-order valence-corrected chi connectivity index (χ0v) is 13.2. The topological polar surface area (TPSA) is 20.2 Å². The molecule has 3 rings (SSSR count). The van der Waals surface area contributed by atoms with E-state index >= 15 is 0 Å². The van der Waals surface area contributed by atoms with Gasteiger partial charge in [0.15, 0.2) is 0 Å². The maximum Gasteiger partial charge on any atom is 0.115 e. The van der Waals surface area contributed by atoms with Crippen LogP contribution in [-0.2, 0) is 5.41 Å². The Morgan fingerprint density at radius 2 is 1.71 bits per heavy atom. The predicted molar refractivity (Wildman–Crippen MR) is 88.4 cm³/mol. The Balaban J connectivity index is 2.15. The van der Waals surface area contributed by atoms with Gasteiger partial charge in [-0.15, -0.1) is 0 Å². The van der Waals surface area contributed by atoms with Gasteiger partial charge in [0, 0.05) is 5.41 Å². The van der Waals surface area contributed by atoms with Crippen LogP contribution >= 0.6 is 0 Å². The molecule has 110 valence electrons. The van der Waals surface area contributed by atoms with E-state index < -0.39 is 0 Å². The Hall–Kier alpha value is -1.76. The van der Waals surface area contributed by atoms with Crippen LogP contribution in [0.1, 0.15) is 45.6 Å². The van der Waals surface area contributed by atoms with Crippen molar-refractivity contribution in [2.75, 3.05) is 0 Å². The van der Waals surface area contributed by atoms with Crippen molar-refractivity contribution in [2.24, 2.45) is 5.92 Å². The first-order chi connectivity index (χ1) is 10.0. The average molecular weight is 280 g/mol. The lowest BCUT2D eigenvalue weighted by Gasteiger charge is -2.37. The summed E-state index contributed by atoms with van der Waals surface area (Å²) in [6.45, 7) is 6.80. The highest BCUT2D eigenvalue weighted by Gasteiger charge is 2.42. The van der Waals surface area contributed by atoms with Crippen LogP contribution in [0.4, 0.5) is 0 Å². The maximum absolute atomic E-state index is 9.61. The average Bonchev–Trinajstić information content (AvgIpc) is 2.76. The van der Waals surface area contributed by atoms with Crippen molar-refractivity contribution in [3.8, 4) is 5.75 Å². The van der Waals surface area contributed by atoms with Gasteiger partial charge in [0.1, 0.15) is 5.75 Å². The van der Waals surface area contributed by atoms with Gasteiger partial charge in [-0.2, -0.15) is 0 Å². The minimum Gasteiger partial charge on any atom is -0.508 e. The number of phenolic OH excluding ortho intramolecular Hbond substituents is 1. The first-order valence-electron chi connectivity index (χ1n) is 7.87. The van der Waals surface area contributed by atoms with Crippen LogP contribution in [0.25, 0.3) is 0 Å². The Bertz CT molecular complexity index is 630. The van der Waals surface area contributed by atoms with Crippen molar-refractivity contribution < 1.29 is 5.11 Å². The summed E-state index contributed by atoms with van der Waals surface area (Å²) in [5, 5.41) is 9.61. The zero-order chi connectivity index (χ0) is 15.0. The first kappa shape index (κ1) is 14.2. The molecule has 1 aromatic carbocycles. The Labute approximate surface area is 127 Å². The fourth-order valence-corrected chi connectivity index (χ4v) is 4.02. The standard InChI is InChI=1S/C20H24O/c1-14-4-6-17(7-5-14)20(13-15(2)12-16(20)3)18-8-10-19(21)11-9-18/h4,6,8-11,13,16,21H,5,7,12H2,1-3H3. The maximum atomic E-state index is 9.61. The van der Waals surface area contributed by atoms with Gasteiger partial charge in [-0.25, -0.2) is 0 Å². The van der Waals surface area contributed by atoms with Gasteiger partial charge in [-0.1, -0.05) is 54.0 Å². The molecule has 0 amide bonds. The van der Waals surface area contributed by atoms with E-state index in [1.807, 2.05) is 12.1 Å². The van der Waals surface area contributed by atoms with Crippen molar-refractivity contribution >= 4 is 0 Å². The van der Waals surface area contributed by atoms with Gasteiger partial charge in [0.25, 0.3) is 0 Å². The number of allylic oxidation sites excluding steroid dienone is 6. The summed E-state index contributed by atoms with van der Waals surface area (Å²) in [5.74, 6) is 0.911.